The molecule has 0 fully saturated rings. The summed E-state index contributed by atoms with van der Waals surface area (Å²) >= 11 is 0. The van der Waals surface area contributed by atoms with E-state index in [0.717, 1.165) is 50.1 Å². The lowest BCUT2D eigenvalue weighted by molar-refractivity contribution is 0.670. The van der Waals surface area contributed by atoms with Crippen LogP contribution in [0.25, 0.3) is 76.5 Å². The van der Waals surface area contributed by atoms with Gasteiger partial charge in [-0.1, -0.05) is 152 Å². The van der Waals surface area contributed by atoms with Crippen LogP contribution in [0.1, 0.15) is 0 Å². The quantitative estimate of drug-likeness (QED) is 0.175. The van der Waals surface area contributed by atoms with Crippen LogP contribution in [0.2, 0.25) is 0 Å². The molecule has 0 aliphatic rings. The fourth-order valence-electron chi connectivity index (χ4n) is 7.69. The van der Waals surface area contributed by atoms with Crippen LogP contribution in [0.15, 0.2) is 192 Å². The van der Waals surface area contributed by atoms with Gasteiger partial charge in [0.2, 0.25) is 0 Å². The van der Waals surface area contributed by atoms with Gasteiger partial charge in [0.05, 0.1) is 5.69 Å². The molecule has 0 unspecified atom stereocenters. The zero-order chi connectivity index (χ0) is 33.0. The molecule has 10 rings (SSSR count). The highest BCUT2D eigenvalue weighted by Crippen LogP contribution is 2.45. The summed E-state index contributed by atoms with van der Waals surface area (Å²) in [6.45, 7) is 0. The minimum atomic E-state index is 0.909. The van der Waals surface area contributed by atoms with Crippen LogP contribution in [-0.4, -0.2) is 0 Å². The predicted octanol–water partition coefficient (Wildman–Crippen LogP) is 13.8. The van der Waals surface area contributed by atoms with Gasteiger partial charge in [-0.2, -0.15) is 0 Å². The highest BCUT2D eigenvalue weighted by Gasteiger charge is 2.20. The number of hydrogen-bond acceptors (Lipinski definition) is 2. The monoisotopic (exact) mass is 637 g/mol. The highest BCUT2D eigenvalue weighted by atomic mass is 16.3. The number of rotatable bonds is 5. The van der Waals surface area contributed by atoms with Gasteiger partial charge in [0.1, 0.15) is 11.2 Å². The topological polar surface area (TPSA) is 16.4 Å². The van der Waals surface area contributed by atoms with Crippen LogP contribution in [-0.2, 0) is 0 Å². The fraction of sp³-hybridized carbons (Fsp3) is 0. The van der Waals surface area contributed by atoms with Crippen molar-refractivity contribution in [1.29, 1.82) is 0 Å². The second-order valence-electron chi connectivity index (χ2n) is 12.9. The number of nitrogens with zero attached hydrogens (tertiary/aromatic N) is 1. The lowest BCUT2D eigenvalue weighted by atomic mass is 9.94. The summed E-state index contributed by atoms with van der Waals surface area (Å²) in [5.41, 5.74) is 9.73. The summed E-state index contributed by atoms with van der Waals surface area (Å²) in [5.74, 6) is 0. The van der Waals surface area contributed by atoms with Gasteiger partial charge in [-0.3, -0.25) is 0 Å². The van der Waals surface area contributed by atoms with E-state index in [4.69, 9.17) is 4.42 Å². The SMILES string of the molecule is c1ccc(-c2cccc(N(c3ccc(-c4cccc5c4oc4ccccc45)cc3)c3cc4ccc5ccccc5c4c4ccccc34)c2)cc1. The summed E-state index contributed by atoms with van der Waals surface area (Å²) in [4.78, 5) is 2.41. The maximum atomic E-state index is 6.42. The summed E-state index contributed by atoms with van der Waals surface area (Å²) in [7, 11) is 0. The molecule has 2 nitrogen and oxygen atoms in total. The molecule has 0 saturated carbocycles. The van der Waals surface area contributed by atoms with Crippen molar-refractivity contribution < 1.29 is 4.42 Å². The molecule has 0 atom stereocenters. The molecule has 1 aromatic heterocycles. The van der Waals surface area contributed by atoms with Crippen molar-refractivity contribution in [2.24, 2.45) is 0 Å². The van der Waals surface area contributed by atoms with Crippen molar-refractivity contribution in [2.45, 2.75) is 0 Å². The standard InChI is InChI=1S/C48H31NO/c1-2-12-32(13-3-1)35-15-10-16-38(30-35)49(45-31-36-25-24-33-14-4-5-17-39(33)47(36)43-20-7-6-18-41(43)45)37-28-26-34(27-29-37)40-21-11-22-44-42-19-8-9-23-46(42)50-48(40)44/h1-31H. The third-order valence-electron chi connectivity index (χ3n) is 10.0. The lowest BCUT2D eigenvalue weighted by Gasteiger charge is -2.28. The number of fused-ring (bicyclic) bond motifs is 8. The maximum Gasteiger partial charge on any atom is 0.143 e. The first kappa shape index (κ1) is 28.4. The van der Waals surface area contributed by atoms with Crippen LogP contribution in [0.3, 0.4) is 0 Å². The summed E-state index contributed by atoms with van der Waals surface area (Å²) in [6.07, 6.45) is 0. The van der Waals surface area contributed by atoms with Gasteiger partial charge in [-0.05, 0) is 80.0 Å². The number of furan rings is 1. The smallest absolute Gasteiger partial charge is 0.143 e. The van der Waals surface area contributed by atoms with E-state index in [1.807, 2.05) is 12.1 Å². The molecule has 0 radical (unpaired) electrons. The summed E-state index contributed by atoms with van der Waals surface area (Å²) in [6, 6.07) is 67.5. The molecule has 0 bridgehead atoms. The lowest BCUT2D eigenvalue weighted by Crippen LogP contribution is -2.11. The molecule has 0 amide bonds. The Hall–Kier alpha value is -6.64. The second kappa shape index (κ2) is 11.5. The molecule has 1 heterocycles. The molecule has 0 aliphatic carbocycles. The van der Waals surface area contributed by atoms with E-state index in [2.05, 4.69) is 181 Å². The van der Waals surface area contributed by atoms with Crippen molar-refractivity contribution in [3.63, 3.8) is 0 Å². The van der Waals surface area contributed by atoms with Gasteiger partial charge in [-0.15, -0.1) is 0 Å². The molecule has 0 saturated heterocycles. The molecule has 0 N–H and O–H groups in total. The first-order valence-electron chi connectivity index (χ1n) is 17.1. The molecule has 50 heavy (non-hydrogen) atoms. The number of hydrogen-bond donors (Lipinski definition) is 0. The van der Waals surface area contributed by atoms with E-state index in [0.29, 0.717) is 0 Å². The Kier molecular flexibility index (Phi) is 6.53. The Morgan fingerprint density at radius 1 is 0.360 bits per heavy atom. The number of anilines is 3. The summed E-state index contributed by atoms with van der Waals surface area (Å²) in [5, 5.41) is 9.75. The van der Waals surface area contributed by atoms with Crippen molar-refractivity contribution in [3.8, 4) is 22.3 Å². The normalized spacial score (nSPS) is 11.6. The van der Waals surface area contributed by atoms with Crippen molar-refractivity contribution in [2.75, 3.05) is 4.90 Å². The van der Waals surface area contributed by atoms with Crippen LogP contribution in [0.5, 0.6) is 0 Å². The summed E-state index contributed by atoms with van der Waals surface area (Å²) < 4.78 is 6.42. The largest absolute Gasteiger partial charge is 0.455 e. The van der Waals surface area contributed by atoms with Crippen molar-refractivity contribution >= 4 is 71.3 Å². The Bertz CT molecular complexity index is 2870. The number of para-hydroxylation sites is 2. The van der Waals surface area contributed by atoms with E-state index in [1.54, 1.807) is 0 Å². The zero-order valence-corrected chi connectivity index (χ0v) is 27.3. The highest BCUT2D eigenvalue weighted by molar-refractivity contribution is 6.23. The molecule has 0 aliphatic heterocycles. The fourth-order valence-corrected chi connectivity index (χ4v) is 7.69. The molecule has 234 valence electrons. The molecular formula is C48H31NO. The van der Waals surface area contributed by atoms with E-state index in [1.165, 1.54) is 43.4 Å². The number of benzene rings is 9. The van der Waals surface area contributed by atoms with Crippen LogP contribution in [0.4, 0.5) is 17.1 Å². The third-order valence-corrected chi connectivity index (χ3v) is 10.0. The first-order chi connectivity index (χ1) is 24.8. The zero-order valence-electron chi connectivity index (χ0n) is 27.3. The predicted molar refractivity (Wildman–Crippen MR) is 212 cm³/mol. The van der Waals surface area contributed by atoms with Gasteiger partial charge in [0, 0.05) is 33.1 Å². The van der Waals surface area contributed by atoms with E-state index < -0.39 is 0 Å². The van der Waals surface area contributed by atoms with Crippen LogP contribution in [0, 0.1) is 0 Å². The minimum absolute atomic E-state index is 0.909. The molecule has 10 aromatic rings. The van der Waals surface area contributed by atoms with Crippen LogP contribution < -0.4 is 4.90 Å². The molecular weight excluding hydrogens is 607 g/mol. The second-order valence-corrected chi connectivity index (χ2v) is 12.9. The van der Waals surface area contributed by atoms with Gasteiger partial charge >= 0.3 is 0 Å². The Morgan fingerprint density at radius 2 is 1.02 bits per heavy atom. The van der Waals surface area contributed by atoms with Gasteiger partial charge in [-0.25, -0.2) is 0 Å². The Morgan fingerprint density at radius 3 is 1.88 bits per heavy atom. The van der Waals surface area contributed by atoms with Gasteiger partial charge in [0.15, 0.2) is 0 Å². The Balaban J connectivity index is 1.19. The van der Waals surface area contributed by atoms with E-state index in [-0.39, 0.29) is 0 Å². The minimum Gasteiger partial charge on any atom is -0.455 e. The molecule has 9 aromatic carbocycles. The third kappa shape index (κ3) is 4.57. The van der Waals surface area contributed by atoms with Crippen molar-refractivity contribution in [1.82, 2.24) is 0 Å². The average molecular weight is 638 g/mol. The first-order valence-corrected chi connectivity index (χ1v) is 17.1. The average Bonchev–Trinajstić information content (AvgIpc) is 3.58. The van der Waals surface area contributed by atoms with E-state index >= 15 is 0 Å². The Labute approximate surface area is 290 Å². The van der Waals surface area contributed by atoms with Gasteiger partial charge < -0.3 is 9.32 Å². The van der Waals surface area contributed by atoms with Crippen molar-refractivity contribution in [3.05, 3.63) is 188 Å². The van der Waals surface area contributed by atoms with Gasteiger partial charge in [0.25, 0.3) is 0 Å². The van der Waals surface area contributed by atoms with E-state index in [9.17, 15) is 0 Å². The maximum absolute atomic E-state index is 6.42. The van der Waals surface area contributed by atoms with Crippen LogP contribution >= 0.6 is 0 Å². The molecule has 2 heteroatoms. The molecule has 0 spiro atoms.